The first-order valence-corrected chi connectivity index (χ1v) is 15.4. The van der Waals surface area contributed by atoms with Crippen LogP contribution in [0.2, 0.25) is 0 Å². The van der Waals surface area contributed by atoms with Gasteiger partial charge in [-0.15, -0.1) is 0 Å². The molecule has 11 nitrogen and oxygen atoms in total. The van der Waals surface area contributed by atoms with Gasteiger partial charge in [0.2, 0.25) is 0 Å². The van der Waals surface area contributed by atoms with Crippen molar-refractivity contribution in [3.8, 4) is 17.1 Å². The number of rotatable bonds is 16. The topological polar surface area (TPSA) is 138 Å². The highest BCUT2D eigenvalue weighted by Gasteiger charge is 2.20. The number of nitrogens with zero attached hydrogens (tertiary/aromatic N) is 6. The highest BCUT2D eigenvalue weighted by atomic mass is 19.1. The molecule has 5 rings (SSSR count). The van der Waals surface area contributed by atoms with Crippen LogP contribution >= 0.6 is 0 Å². The zero-order valence-corrected chi connectivity index (χ0v) is 25.5. The van der Waals surface area contributed by atoms with Gasteiger partial charge in [-0.05, 0) is 75.8 Å². The molecule has 45 heavy (non-hydrogen) atoms. The number of aliphatic carboxylic acids is 1. The molecule has 1 aliphatic heterocycles. The molecule has 4 aromatic heterocycles. The third-order valence-electron chi connectivity index (χ3n) is 7.61. The molecule has 5 heterocycles. The minimum absolute atomic E-state index is 0.314. The normalized spacial score (nSPS) is 13.1. The Morgan fingerprint density at radius 2 is 1.93 bits per heavy atom. The summed E-state index contributed by atoms with van der Waals surface area (Å²) in [5.74, 6) is 0.879. The third kappa shape index (κ3) is 9.64. The number of hydrogen-bond donors (Lipinski definition) is 3. The van der Waals surface area contributed by atoms with Crippen LogP contribution < -0.4 is 15.4 Å². The number of hydrogen-bond acceptors (Lipinski definition) is 10. The summed E-state index contributed by atoms with van der Waals surface area (Å²) in [6.45, 7) is 4.92. The molecule has 1 aliphatic rings. The van der Waals surface area contributed by atoms with E-state index in [9.17, 15) is 14.3 Å². The average molecular weight is 615 g/mol. The predicted molar refractivity (Wildman–Crippen MR) is 170 cm³/mol. The van der Waals surface area contributed by atoms with Crippen LogP contribution in [0.25, 0.3) is 11.4 Å². The van der Waals surface area contributed by atoms with Crippen LogP contribution in [0, 0.1) is 12.7 Å². The minimum atomic E-state index is -0.967. The van der Waals surface area contributed by atoms with E-state index in [1.54, 1.807) is 18.5 Å². The van der Waals surface area contributed by atoms with E-state index in [0.717, 1.165) is 74.2 Å². The summed E-state index contributed by atoms with van der Waals surface area (Å²) in [4.78, 5) is 36.2. The molecule has 0 radical (unpaired) electrons. The Morgan fingerprint density at radius 1 is 1.07 bits per heavy atom. The number of aryl methyl sites for hydroxylation is 3. The minimum Gasteiger partial charge on any atom is -0.491 e. The van der Waals surface area contributed by atoms with Gasteiger partial charge < -0.3 is 20.5 Å². The van der Waals surface area contributed by atoms with Crippen LogP contribution in [0.5, 0.6) is 5.75 Å². The van der Waals surface area contributed by atoms with E-state index in [2.05, 4.69) is 47.6 Å². The standard InChI is InChI=1S/C33H39FN8O3/c1-23-19-30(41-32(38-23)25-9-13-35-14-10-25)40-29(33(43)44)11-16-42(17-18-45-28-20-26(34)21-36-22-28)15-3-2-6-27-8-7-24-5-4-12-37-31(24)39-27/h7-10,13-14,19-22,29H,2-6,11-12,15-18H2,1H3,(H,37,39)(H,43,44)(H,38,40,41)/t29-/m0/s1. The van der Waals surface area contributed by atoms with Crippen molar-refractivity contribution in [2.75, 3.05) is 43.4 Å². The summed E-state index contributed by atoms with van der Waals surface area (Å²) < 4.78 is 19.3. The first kappa shape index (κ1) is 31.7. The summed E-state index contributed by atoms with van der Waals surface area (Å²) in [6.07, 6.45) is 11.2. The lowest BCUT2D eigenvalue weighted by atomic mass is 10.1. The van der Waals surface area contributed by atoms with Gasteiger partial charge in [0.25, 0.3) is 0 Å². The number of pyridine rings is 3. The van der Waals surface area contributed by atoms with Gasteiger partial charge in [0.05, 0.1) is 12.4 Å². The molecule has 0 unspecified atom stereocenters. The lowest BCUT2D eigenvalue weighted by Crippen LogP contribution is -2.37. The van der Waals surface area contributed by atoms with E-state index in [4.69, 9.17) is 9.72 Å². The Kier molecular flexibility index (Phi) is 11.2. The van der Waals surface area contributed by atoms with Crippen LogP contribution in [0.3, 0.4) is 0 Å². The largest absolute Gasteiger partial charge is 0.491 e. The van der Waals surface area contributed by atoms with Crippen molar-refractivity contribution in [3.05, 3.63) is 84.0 Å². The van der Waals surface area contributed by atoms with Crippen molar-refractivity contribution in [3.63, 3.8) is 0 Å². The fourth-order valence-corrected chi connectivity index (χ4v) is 5.27. The van der Waals surface area contributed by atoms with Gasteiger partial charge in [0.1, 0.15) is 35.9 Å². The molecule has 0 spiro atoms. The Bertz CT molecular complexity index is 1560. The number of carboxylic acids is 1. The van der Waals surface area contributed by atoms with Gasteiger partial charge in [0.15, 0.2) is 5.82 Å². The molecule has 0 amide bonds. The van der Waals surface area contributed by atoms with E-state index in [1.807, 2.05) is 19.1 Å². The number of ether oxygens (including phenoxy) is 1. The number of aromatic nitrogens is 5. The molecule has 3 N–H and O–H groups in total. The SMILES string of the molecule is Cc1cc(N[C@@H](CCN(CCCCc2ccc3c(n2)NCCC3)CCOc2cncc(F)c2)C(=O)O)nc(-c2ccncc2)n1. The Morgan fingerprint density at radius 3 is 2.76 bits per heavy atom. The number of carboxylic acid groups (broad SMARTS) is 1. The predicted octanol–water partition coefficient (Wildman–Crippen LogP) is 4.79. The van der Waals surface area contributed by atoms with Crippen molar-refractivity contribution >= 4 is 17.6 Å². The number of halogens is 1. The lowest BCUT2D eigenvalue weighted by molar-refractivity contribution is -0.138. The van der Waals surface area contributed by atoms with E-state index in [0.29, 0.717) is 43.5 Å². The fraction of sp³-hybridized carbons (Fsp3) is 0.394. The molecule has 0 saturated carbocycles. The Balaban J connectivity index is 1.19. The van der Waals surface area contributed by atoms with Crippen molar-refractivity contribution in [1.82, 2.24) is 29.8 Å². The highest BCUT2D eigenvalue weighted by Crippen LogP contribution is 2.21. The molecule has 1 atom stereocenters. The van der Waals surface area contributed by atoms with Crippen LogP contribution in [0.4, 0.5) is 16.0 Å². The van der Waals surface area contributed by atoms with Gasteiger partial charge in [-0.3, -0.25) is 14.9 Å². The molecule has 0 fully saturated rings. The van der Waals surface area contributed by atoms with Crippen molar-refractivity contribution in [1.29, 1.82) is 0 Å². The first-order chi connectivity index (χ1) is 21.9. The Labute approximate surface area is 262 Å². The maximum atomic E-state index is 13.6. The maximum absolute atomic E-state index is 13.6. The Hall–Kier alpha value is -4.71. The molecule has 12 heteroatoms. The van der Waals surface area contributed by atoms with E-state index in [-0.39, 0.29) is 0 Å². The zero-order valence-electron chi connectivity index (χ0n) is 25.5. The lowest BCUT2D eigenvalue weighted by Gasteiger charge is -2.25. The van der Waals surface area contributed by atoms with Gasteiger partial charge in [-0.1, -0.05) is 6.07 Å². The fourth-order valence-electron chi connectivity index (χ4n) is 5.27. The molecule has 236 valence electrons. The van der Waals surface area contributed by atoms with E-state index < -0.39 is 17.8 Å². The summed E-state index contributed by atoms with van der Waals surface area (Å²) >= 11 is 0. The van der Waals surface area contributed by atoms with E-state index in [1.165, 1.54) is 17.8 Å². The van der Waals surface area contributed by atoms with Crippen molar-refractivity contribution < 1.29 is 19.0 Å². The number of nitrogens with one attached hydrogen (secondary N) is 2. The van der Waals surface area contributed by atoms with E-state index >= 15 is 0 Å². The highest BCUT2D eigenvalue weighted by molar-refractivity contribution is 5.77. The summed E-state index contributed by atoms with van der Waals surface area (Å²) in [7, 11) is 0. The molecular formula is C33H39FN8O3. The second kappa shape index (κ2) is 15.8. The number of anilines is 2. The number of unbranched alkanes of at least 4 members (excludes halogenated alkanes) is 1. The summed E-state index contributed by atoms with van der Waals surface area (Å²) in [5, 5.41) is 16.6. The molecule has 0 bridgehead atoms. The molecule has 0 aliphatic carbocycles. The second-order valence-corrected chi connectivity index (χ2v) is 11.1. The average Bonchev–Trinajstić information content (AvgIpc) is 3.04. The molecular weight excluding hydrogens is 575 g/mol. The van der Waals surface area contributed by atoms with Crippen molar-refractivity contribution in [2.24, 2.45) is 0 Å². The smallest absolute Gasteiger partial charge is 0.326 e. The first-order valence-electron chi connectivity index (χ1n) is 15.4. The molecule has 4 aromatic rings. The quantitative estimate of drug-likeness (QED) is 0.150. The van der Waals surface area contributed by atoms with Crippen LogP contribution in [-0.4, -0.2) is 79.7 Å². The van der Waals surface area contributed by atoms with Crippen molar-refractivity contribution in [2.45, 2.75) is 51.5 Å². The van der Waals surface area contributed by atoms with Gasteiger partial charge in [-0.2, -0.15) is 0 Å². The van der Waals surface area contributed by atoms with Gasteiger partial charge >= 0.3 is 5.97 Å². The second-order valence-electron chi connectivity index (χ2n) is 11.1. The van der Waals surface area contributed by atoms with Crippen LogP contribution in [-0.2, 0) is 17.6 Å². The third-order valence-corrected chi connectivity index (χ3v) is 7.61. The molecule has 0 saturated heterocycles. The van der Waals surface area contributed by atoms with Gasteiger partial charge in [-0.25, -0.2) is 24.1 Å². The summed E-state index contributed by atoms with van der Waals surface area (Å²) in [6, 6.07) is 10.1. The number of carbonyl (C=O) groups is 1. The van der Waals surface area contributed by atoms with Gasteiger partial charge in [0, 0.05) is 61.1 Å². The summed E-state index contributed by atoms with van der Waals surface area (Å²) in [5.41, 5.74) is 3.86. The van der Waals surface area contributed by atoms with Crippen LogP contribution in [0.15, 0.2) is 61.2 Å². The number of fused-ring (bicyclic) bond motifs is 1. The molecule has 0 aromatic carbocycles. The monoisotopic (exact) mass is 614 g/mol. The van der Waals surface area contributed by atoms with Crippen LogP contribution in [0.1, 0.15) is 42.6 Å². The zero-order chi connectivity index (χ0) is 31.4. The maximum Gasteiger partial charge on any atom is 0.326 e.